The summed E-state index contributed by atoms with van der Waals surface area (Å²) in [7, 11) is 0. The first-order valence-electron chi connectivity index (χ1n) is 5.94. The van der Waals surface area contributed by atoms with Crippen LogP contribution in [0.15, 0.2) is 36.5 Å². The fraction of sp³-hybridized carbons (Fsp3) is 0.0714. The Morgan fingerprint density at radius 3 is 2.71 bits per heavy atom. The van der Waals surface area contributed by atoms with Gasteiger partial charge in [-0.25, -0.2) is 4.98 Å². The van der Waals surface area contributed by atoms with E-state index in [-0.39, 0.29) is 17.1 Å². The summed E-state index contributed by atoms with van der Waals surface area (Å²) in [6.07, 6.45) is 1.26. The summed E-state index contributed by atoms with van der Waals surface area (Å²) >= 11 is 0. The van der Waals surface area contributed by atoms with Crippen molar-refractivity contribution in [2.75, 3.05) is 5.32 Å². The zero-order valence-corrected chi connectivity index (χ0v) is 11.0. The van der Waals surface area contributed by atoms with Gasteiger partial charge in [0.2, 0.25) is 0 Å². The molecule has 0 spiro atoms. The molecule has 0 aliphatic carbocycles. The largest absolute Gasteiger partial charge is 0.315 e. The van der Waals surface area contributed by atoms with Crippen molar-refractivity contribution >= 4 is 17.3 Å². The molecule has 0 bridgehead atoms. The number of nitrogens with zero attached hydrogens (tertiary/aromatic N) is 3. The van der Waals surface area contributed by atoms with E-state index in [2.05, 4.69) is 10.3 Å². The number of nitro benzene ring substituents is 1. The molecule has 2 rings (SSSR count). The van der Waals surface area contributed by atoms with Crippen LogP contribution in [-0.4, -0.2) is 15.8 Å². The number of nitrogens with one attached hydrogen (secondary N) is 1. The van der Waals surface area contributed by atoms with Crippen LogP contribution in [0, 0.1) is 28.4 Å². The van der Waals surface area contributed by atoms with Crippen LogP contribution >= 0.6 is 0 Å². The van der Waals surface area contributed by atoms with Crippen LogP contribution in [0.5, 0.6) is 0 Å². The molecular formula is C14H10N4O3. The van der Waals surface area contributed by atoms with Crippen LogP contribution in [0.1, 0.15) is 21.6 Å². The number of pyridine rings is 1. The Labute approximate surface area is 120 Å². The minimum Gasteiger partial charge on any atom is -0.315 e. The summed E-state index contributed by atoms with van der Waals surface area (Å²) in [6, 6.07) is 9.23. The summed E-state index contributed by atoms with van der Waals surface area (Å²) < 4.78 is 0. The van der Waals surface area contributed by atoms with Crippen molar-refractivity contribution in [1.82, 2.24) is 4.98 Å². The standard InChI is InChI=1S/C14H10N4O3/c1-9-2-4-11(13(6-9)18(20)21)17-14(19)12-5-3-10(7-15)8-16-12/h2-6,8H,1H3,(H,17,19). The molecule has 0 fully saturated rings. The Hall–Kier alpha value is -3.27. The number of nitriles is 1. The fourth-order valence-corrected chi connectivity index (χ4v) is 1.68. The fourth-order valence-electron chi connectivity index (χ4n) is 1.68. The van der Waals surface area contributed by atoms with Gasteiger partial charge in [0.05, 0.1) is 10.5 Å². The summed E-state index contributed by atoms with van der Waals surface area (Å²) in [5.41, 5.74) is 1.03. The summed E-state index contributed by atoms with van der Waals surface area (Å²) in [6.45, 7) is 1.72. The normalized spacial score (nSPS) is 9.71. The van der Waals surface area contributed by atoms with E-state index < -0.39 is 10.8 Å². The van der Waals surface area contributed by atoms with Gasteiger partial charge in [-0.1, -0.05) is 6.07 Å². The molecule has 0 aliphatic heterocycles. The highest BCUT2D eigenvalue weighted by molar-refractivity contribution is 6.04. The van der Waals surface area contributed by atoms with E-state index >= 15 is 0 Å². The van der Waals surface area contributed by atoms with Gasteiger partial charge in [0.1, 0.15) is 17.5 Å². The first-order valence-corrected chi connectivity index (χ1v) is 5.94. The van der Waals surface area contributed by atoms with Gasteiger partial charge in [0.25, 0.3) is 11.6 Å². The number of aromatic nitrogens is 1. The molecule has 1 amide bonds. The first kappa shape index (κ1) is 14.1. The number of amides is 1. The predicted molar refractivity (Wildman–Crippen MR) is 74.7 cm³/mol. The zero-order chi connectivity index (χ0) is 15.4. The molecule has 7 nitrogen and oxygen atoms in total. The van der Waals surface area contributed by atoms with Crippen molar-refractivity contribution in [3.63, 3.8) is 0 Å². The van der Waals surface area contributed by atoms with Crippen LogP contribution in [0.4, 0.5) is 11.4 Å². The van der Waals surface area contributed by atoms with Gasteiger partial charge in [-0.3, -0.25) is 14.9 Å². The van der Waals surface area contributed by atoms with E-state index in [1.54, 1.807) is 13.0 Å². The van der Waals surface area contributed by atoms with Gasteiger partial charge in [-0.05, 0) is 30.7 Å². The number of aryl methyl sites for hydroxylation is 1. The molecule has 0 aliphatic rings. The summed E-state index contributed by atoms with van der Waals surface area (Å²) in [5.74, 6) is -0.577. The van der Waals surface area contributed by atoms with Crippen molar-refractivity contribution < 1.29 is 9.72 Å². The second kappa shape index (κ2) is 5.79. The summed E-state index contributed by atoms with van der Waals surface area (Å²) in [4.78, 5) is 26.2. The monoisotopic (exact) mass is 282 g/mol. The second-order valence-electron chi connectivity index (χ2n) is 4.28. The molecule has 0 atom stereocenters. The predicted octanol–water partition coefficient (Wildman–Crippen LogP) is 2.42. The number of nitro groups is 1. The maximum absolute atomic E-state index is 12.0. The average molecular weight is 282 g/mol. The Morgan fingerprint density at radius 1 is 1.38 bits per heavy atom. The molecule has 1 heterocycles. The first-order chi connectivity index (χ1) is 10.0. The van der Waals surface area contributed by atoms with Gasteiger partial charge in [0, 0.05) is 12.3 Å². The van der Waals surface area contributed by atoms with Crippen molar-refractivity contribution in [3.05, 3.63) is 63.5 Å². The van der Waals surface area contributed by atoms with Crippen molar-refractivity contribution in [1.29, 1.82) is 5.26 Å². The van der Waals surface area contributed by atoms with Crippen LogP contribution in [-0.2, 0) is 0 Å². The second-order valence-corrected chi connectivity index (χ2v) is 4.28. The average Bonchev–Trinajstić information content (AvgIpc) is 2.49. The maximum atomic E-state index is 12.0. The number of hydrogen-bond donors (Lipinski definition) is 1. The van der Waals surface area contributed by atoms with E-state index in [1.165, 1.54) is 30.5 Å². The SMILES string of the molecule is Cc1ccc(NC(=O)c2ccc(C#N)cn2)c([N+](=O)[O-])c1. The molecule has 1 N–H and O–H groups in total. The maximum Gasteiger partial charge on any atom is 0.293 e. The zero-order valence-electron chi connectivity index (χ0n) is 11.0. The van der Waals surface area contributed by atoms with E-state index in [1.807, 2.05) is 6.07 Å². The third kappa shape index (κ3) is 3.19. The van der Waals surface area contributed by atoms with Gasteiger partial charge >= 0.3 is 0 Å². The quantitative estimate of drug-likeness (QED) is 0.686. The molecule has 7 heteroatoms. The lowest BCUT2D eigenvalue weighted by molar-refractivity contribution is -0.384. The van der Waals surface area contributed by atoms with Gasteiger partial charge in [-0.15, -0.1) is 0 Å². The number of benzene rings is 1. The highest BCUT2D eigenvalue weighted by atomic mass is 16.6. The Balaban J connectivity index is 2.27. The molecule has 0 unspecified atom stereocenters. The van der Waals surface area contributed by atoms with Crippen LogP contribution < -0.4 is 5.32 Å². The van der Waals surface area contributed by atoms with E-state index in [0.717, 1.165) is 5.56 Å². The summed E-state index contributed by atoms with van der Waals surface area (Å²) in [5, 5.41) is 22.1. The van der Waals surface area contributed by atoms with E-state index in [4.69, 9.17) is 5.26 Å². The number of carbonyl (C=O) groups is 1. The minimum absolute atomic E-state index is 0.0730. The van der Waals surface area contributed by atoms with Crippen molar-refractivity contribution in [2.45, 2.75) is 6.92 Å². The molecule has 21 heavy (non-hydrogen) atoms. The Bertz CT molecular complexity index is 748. The van der Waals surface area contributed by atoms with Crippen LogP contribution in [0.25, 0.3) is 0 Å². The molecule has 0 radical (unpaired) electrons. The van der Waals surface area contributed by atoms with Crippen LogP contribution in [0.3, 0.4) is 0 Å². The number of rotatable bonds is 3. The third-order valence-corrected chi connectivity index (χ3v) is 2.72. The van der Waals surface area contributed by atoms with Crippen LogP contribution in [0.2, 0.25) is 0 Å². The Kier molecular flexibility index (Phi) is 3.90. The number of carbonyl (C=O) groups excluding carboxylic acids is 1. The van der Waals surface area contributed by atoms with Crippen molar-refractivity contribution in [2.24, 2.45) is 0 Å². The number of anilines is 1. The van der Waals surface area contributed by atoms with E-state index in [0.29, 0.717) is 5.56 Å². The lowest BCUT2D eigenvalue weighted by atomic mass is 10.2. The van der Waals surface area contributed by atoms with Gasteiger partial charge in [0.15, 0.2) is 0 Å². The van der Waals surface area contributed by atoms with Gasteiger partial charge in [-0.2, -0.15) is 5.26 Å². The topological polar surface area (TPSA) is 109 Å². The molecule has 0 saturated heterocycles. The molecule has 1 aromatic heterocycles. The Morgan fingerprint density at radius 2 is 2.14 bits per heavy atom. The van der Waals surface area contributed by atoms with E-state index in [9.17, 15) is 14.9 Å². The molecule has 2 aromatic rings. The highest BCUT2D eigenvalue weighted by Gasteiger charge is 2.17. The third-order valence-electron chi connectivity index (χ3n) is 2.72. The van der Waals surface area contributed by atoms with Gasteiger partial charge < -0.3 is 5.32 Å². The molecule has 1 aromatic carbocycles. The smallest absolute Gasteiger partial charge is 0.293 e. The molecular weight excluding hydrogens is 272 g/mol. The minimum atomic E-state index is -0.577. The van der Waals surface area contributed by atoms with Crippen molar-refractivity contribution in [3.8, 4) is 6.07 Å². The lowest BCUT2D eigenvalue weighted by Gasteiger charge is -2.06. The lowest BCUT2D eigenvalue weighted by Crippen LogP contribution is -2.14. The highest BCUT2D eigenvalue weighted by Crippen LogP contribution is 2.25. The molecule has 104 valence electrons. The molecule has 0 saturated carbocycles. The number of hydrogen-bond acceptors (Lipinski definition) is 5.